The summed E-state index contributed by atoms with van der Waals surface area (Å²) < 4.78 is 34.9. The van der Waals surface area contributed by atoms with Gasteiger partial charge < -0.3 is 20.7 Å². The van der Waals surface area contributed by atoms with E-state index in [0.29, 0.717) is 12.1 Å². The van der Waals surface area contributed by atoms with Crippen LogP contribution in [0.5, 0.6) is 0 Å². The van der Waals surface area contributed by atoms with Gasteiger partial charge in [0.2, 0.25) is 5.95 Å². The predicted octanol–water partition coefficient (Wildman–Crippen LogP) is 4.89. The van der Waals surface area contributed by atoms with Gasteiger partial charge in [0.25, 0.3) is 5.92 Å². The number of alkyl halides is 2. The summed E-state index contributed by atoms with van der Waals surface area (Å²) in [5.41, 5.74) is 1.17. The molecule has 1 aliphatic carbocycles. The molecule has 8 nitrogen and oxygen atoms in total. The maximum absolute atomic E-state index is 14.8. The Morgan fingerprint density at radius 1 is 1.27 bits per heavy atom. The molecule has 1 aromatic heterocycles. The van der Waals surface area contributed by atoms with Gasteiger partial charge in [0.15, 0.2) is 5.82 Å². The number of carbonyl (C=O) groups is 1. The van der Waals surface area contributed by atoms with Crippen molar-refractivity contribution in [3.8, 4) is 6.07 Å². The lowest BCUT2D eigenvalue weighted by molar-refractivity contribution is -0.0564. The highest BCUT2D eigenvalue weighted by Gasteiger charge is 2.48. The van der Waals surface area contributed by atoms with E-state index in [1.54, 1.807) is 20.8 Å². The molecule has 0 aliphatic heterocycles. The van der Waals surface area contributed by atoms with Crippen molar-refractivity contribution >= 4 is 23.5 Å². The summed E-state index contributed by atoms with van der Waals surface area (Å²) in [5.74, 6) is -3.00. The molecular weight excluding hydrogens is 430 g/mol. The maximum atomic E-state index is 14.8. The van der Waals surface area contributed by atoms with Gasteiger partial charge in [-0.15, -0.1) is 0 Å². The molecule has 1 amide bonds. The Balaban J connectivity index is 1.82. The van der Waals surface area contributed by atoms with Crippen LogP contribution in [0.4, 0.5) is 31.0 Å². The standard InChI is InChI=1S/C23H28F2N6O2/c1-14-7-9-16(10-8-14)28-19-15(12-26)13-27-20(31-19)30-18-17(6-5-11-23(18,24)25)29-21(32)33-22(2,3)4/h7-10,13,17-18H,5-6,11H2,1-4H3,(H,29,32)(H2,27,28,30,31)/t17-,18-/m0/s1. The molecule has 0 spiro atoms. The van der Waals surface area contributed by atoms with Gasteiger partial charge >= 0.3 is 6.09 Å². The number of nitrogens with one attached hydrogen (secondary N) is 3. The zero-order valence-corrected chi connectivity index (χ0v) is 19.1. The van der Waals surface area contributed by atoms with Crippen LogP contribution in [-0.4, -0.2) is 39.7 Å². The molecule has 1 aliphatic rings. The third-order valence-corrected chi connectivity index (χ3v) is 5.09. The summed E-state index contributed by atoms with van der Waals surface area (Å²) in [6.45, 7) is 7.05. The SMILES string of the molecule is Cc1ccc(Nc2nc(N[C@H]3[C@@H](NC(=O)OC(C)(C)C)CCCC3(F)F)ncc2C#N)cc1. The molecule has 1 saturated carbocycles. The van der Waals surface area contributed by atoms with Crippen molar-refractivity contribution in [3.05, 3.63) is 41.6 Å². The number of halogens is 2. The molecule has 176 valence electrons. The molecule has 1 heterocycles. The number of alkyl carbamates (subject to hydrolysis) is 1. The van der Waals surface area contributed by atoms with Crippen LogP contribution in [0.25, 0.3) is 0 Å². The van der Waals surface area contributed by atoms with Crippen LogP contribution in [0, 0.1) is 18.3 Å². The highest BCUT2D eigenvalue weighted by molar-refractivity contribution is 5.68. The number of ether oxygens (including phenoxy) is 1. The van der Waals surface area contributed by atoms with Crippen molar-refractivity contribution < 1.29 is 18.3 Å². The van der Waals surface area contributed by atoms with Crippen LogP contribution in [0.3, 0.4) is 0 Å². The lowest BCUT2D eigenvalue weighted by atomic mass is 9.87. The van der Waals surface area contributed by atoms with Gasteiger partial charge in [0, 0.05) is 12.1 Å². The molecular formula is C23H28F2N6O2. The molecule has 0 unspecified atom stereocenters. The highest BCUT2D eigenvalue weighted by Crippen LogP contribution is 2.35. The van der Waals surface area contributed by atoms with Crippen LogP contribution in [-0.2, 0) is 4.74 Å². The molecule has 0 bridgehead atoms. The zero-order chi connectivity index (χ0) is 24.2. The second-order valence-electron chi connectivity index (χ2n) is 9.09. The fraction of sp³-hybridized carbons (Fsp3) is 0.478. The zero-order valence-electron chi connectivity index (χ0n) is 19.1. The normalized spacial score (nSPS) is 19.8. The topological polar surface area (TPSA) is 112 Å². The third-order valence-electron chi connectivity index (χ3n) is 5.09. The quantitative estimate of drug-likeness (QED) is 0.585. The van der Waals surface area contributed by atoms with E-state index in [4.69, 9.17) is 4.74 Å². The number of nitriles is 1. The summed E-state index contributed by atoms with van der Waals surface area (Å²) in [4.78, 5) is 20.5. The first-order valence-corrected chi connectivity index (χ1v) is 10.7. The number of rotatable bonds is 5. The van der Waals surface area contributed by atoms with Crippen LogP contribution < -0.4 is 16.0 Å². The van der Waals surface area contributed by atoms with Crippen molar-refractivity contribution in [2.75, 3.05) is 10.6 Å². The van der Waals surface area contributed by atoms with Crippen molar-refractivity contribution in [2.45, 2.75) is 70.6 Å². The fourth-order valence-electron chi connectivity index (χ4n) is 3.54. The van der Waals surface area contributed by atoms with Gasteiger partial charge in [-0.05, 0) is 52.7 Å². The molecule has 1 aromatic carbocycles. The Morgan fingerprint density at radius 2 is 1.97 bits per heavy atom. The van der Waals surface area contributed by atoms with E-state index in [1.165, 1.54) is 6.20 Å². The molecule has 3 N–H and O–H groups in total. The second kappa shape index (κ2) is 9.57. The maximum Gasteiger partial charge on any atom is 0.407 e. The van der Waals surface area contributed by atoms with E-state index in [9.17, 15) is 18.8 Å². The van der Waals surface area contributed by atoms with Gasteiger partial charge in [-0.2, -0.15) is 10.2 Å². The third kappa shape index (κ3) is 6.51. The Labute approximate surface area is 191 Å². The fourth-order valence-corrected chi connectivity index (χ4v) is 3.54. The van der Waals surface area contributed by atoms with E-state index in [2.05, 4.69) is 25.9 Å². The van der Waals surface area contributed by atoms with Crippen molar-refractivity contribution in [1.29, 1.82) is 5.26 Å². The van der Waals surface area contributed by atoms with Crippen LogP contribution in [0.2, 0.25) is 0 Å². The molecule has 0 saturated heterocycles. The van der Waals surface area contributed by atoms with Crippen LogP contribution in [0.1, 0.15) is 51.2 Å². The molecule has 3 rings (SSSR count). The molecule has 33 heavy (non-hydrogen) atoms. The minimum atomic E-state index is -3.11. The van der Waals surface area contributed by atoms with Crippen LogP contribution in [0.15, 0.2) is 30.5 Å². The van der Waals surface area contributed by atoms with Gasteiger partial charge in [0.1, 0.15) is 23.3 Å². The molecule has 1 fully saturated rings. The number of nitrogens with zero attached hydrogens (tertiary/aromatic N) is 3. The summed E-state index contributed by atoms with van der Waals surface area (Å²) in [6.07, 6.45) is 0.766. The first-order chi connectivity index (χ1) is 15.5. The lowest BCUT2D eigenvalue weighted by Crippen LogP contribution is -2.58. The average Bonchev–Trinajstić information content (AvgIpc) is 2.71. The lowest BCUT2D eigenvalue weighted by Gasteiger charge is -2.38. The Morgan fingerprint density at radius 3 is 2.61 bits per heavy atom. The first kappa shape index (κ1) is 24.2. The number of amides is 1. The van der Waals surface area contributed by atoms with Gasteiger partial charge in [-0.3, -0.25) is 0 Å². The summed E-state index contributed by atoms with van der Waals surface area (Å²) in [7, 11) is 0. The van der Waals surface area contributed by atoms with E-state index < -0.39 is 29.7 Å². The van der Waals surface area contributed by atoms with Crippen LogP contribution >= 0.6 is 0 Å². The average molecular weight is 459 g/mol. The number of benzene rings is 1. The minimum absolute atomic E-state index is 0.0776. The minimum Gasteiger partial charge on any atom is -0.444 e. The molecule has 2 atom stereocenters. The number of aryl methyl sites for hydroxylation is 1. The van der Waals surface area contributed by atoms with Crippen molar-refractivity contribution in [2.24, 2.45) is 0 Å². The van der Waals surface area contributed by atoms with Crippen molar-refractivity contribution in [3.63, 3.8) is 0 Å². The summed E-state index contributed by atoms with van der Waals surface area (Å²) in [6, 6.07) is 7.08. The largest absolute Gasteiger partial charge is 0.444 e. The Bertz CT molecular complexity index is 1030. The van der Waals surface area contributed by atoms with E-state index in [1.807, 2.05) is 37.3 Å². The Hall–Kier alpha value is -3.48. The number of carbonyl (C=O) groups excluding carboxylic acids is 1. The van der Waals surface area contributed by atoms with Crippen molar-refractivity contribution in [1.82, 2.24) is 15.3 Å². The van der Waals surface area contributed by atoms with Gasteiger partial charge in [-0.25, -0.2) is 18.6 Å². The smallest absolute Gasteiger partial charge is 0.407 e. The predicted molar refractivity (Wildman–Crippen MR) is 121 cm³/mol. The van der Waals surface area contributed by atoms with E-state index in [-0.39, 0.29) is 30.2 Å². The molecule has 10 heteroatoms. The summed E-state index contributed by atoms with van der Waals surface area (Å²) >= 11 is 0. The highest BCUT2D eigenvalue weighted by atomic mass is 19.3. The number of hydrogen-bond donors (Lipinski definition) is 3. The first-order valence-electron chi connectivity index (χ1n) is 10.7. The molecule has 2 aromatic rings. The Kier molecular flexibility index (Phi) is 7.01. The summed E-state index contributed by atoms with van der Waals surface area (Å²) in [5, 5.41) is 17.7. The second-order valence-corrected chi connectivity index (χ2v) is 9.09. The van der Waals surface area contributed by atoms with Gasteiger partial charge in [0.05, 0.1) is 12.2 Å². The van der Waals surface area contributed by atoms with E-state index in [0.717, 1.165) is 5.56 Å². The monoisotopic (exact) mass is 458 g/mol. The number of hydrogen-bond acceptors (Lipinski definition) is 7. The van der Waals surface area contributed by atoms with E-state index >= 15 is 0 Å². The number of anilines is 3. The van der Waals surface area contributed by atoms with Gasteiger partial charge in [-0.1, -0.05) is 17.7 Å². The molecule has 0 radical (unpaired) electrons. The number of aromatic nitrogens is 2.